The van der Waals surface area contributed by atoms with Crippen molar-refractivity contribution in [3.05, 3.63) is 64.5 Å². The van der Waals surface area contributed by atoms with Crippen molar-refractivity contribution < 1.29 is 9.53 Å². The highest BCUT2D eigenvalue weighted by molar-refractivity contribution is 7.16. The van der Waals surface area contributed by atoms with E-state index in [-0.39, 0.29) is 5.91 Å². The van der Waals surface area contributed by atoms with Crippen LogP contribution >= 0.6 is 11.3 Å². The second-order valence-electron chi connectivity index (χ2n) is 6.61. The monoisotopic (exact) mass is 380 g/mol. The number of hydrogen-bond acceptors (Lipinski definition) is 4. The number of amides is 1. The summed E-state index contributed by atoms with van der Waals surface area (Å²) in [6.07, 6.45) is 1.07. The molecule has 1 aromatic heterocycles. The van der Waals surface area contributed by atoms with Gasteiger partial charge in [0.1, 0.15) is 5.75 Å². The standard InChI is InChI=1S/C22H24N2O2S/c1-15-9-11-18(12-10-15)21-17(3)27-22(24-21)23-20(25)8-5-13-26-19-7-4-6-16(2)14-19/h4,6-7,9-12,14H,5,8,13H2,1-3H3,(H,23,24,25). The van der Waals surface area contributed by atoms with Crippen molar-refractivity contribution in [3.63, 3.8) is 0 Å². The lowest BCUT2D eigenvalue weighted by atomic mass is 10.1. The van der Waals surface area contributed by atoms with Gasteiger partial charge in [0.15, 0.2) is 5.13 Å². The van der Waals surface area contributed by atoms with E-state index in [1.165, 1.54) is 16.9 Å². The third kappa shape index (κ3) is 5.41. The third-order valence-electron chi connectivity index (χ3n) is 4.17. The van der Waals surface area contributed by atoms with Crippen LogP contribution in [0, 0.1) is 20.8 Å². The summed E-state index contributed by atoms with van der Waals surface area (Å²) in [6.45, 7) is 6.63. The Morgan fingerprint density at radius 2 is 1.85 bits per heavy atom. The van der Waals surface area contributed by atoms with E-state index < -0.39 is 0 Å². The van der Waals surface area contributed by atoms with Crippen LogP contribution in [0.3, 0.4) is 0 Å². The molecule has 0 unspecified atom stereocenters. The fourth-order valence-electron chi connectivity index (χ4n) is 2.74. The maximum atomic E-state index is 12.2. The van der Waals surface area contributed by atoms with Gasteiger partial charge in [-0.15, -0.1) is 11.3 Å². The lowest BCUT2D eigenvalue weighted by Gasteiger charge is -2.06. The van der Waals surface area contributed by atoms with Gasteiger partial charge in [-0.1, -0.05) is 42.0 Å². The first kappa shape index (κ1) is 19.1. The number of thiazole rings is 1. The molecule has 5 heteroatoms. The molecule has 4 nitrogen and oxygen atoms in total. The number of benzene rings is 2. The van der Waals surface area contributed by atoms with Crippen LogP contribution in [0.2, 0.25) is 0 Å². The quantitative estimate of drug-likeness (QED) is 0.548. The fourth-order valence-corrected chi connectivity index (χ4v) is 3.59. The molecular formula is C22H24N2O2S. The zero-order valence-electron chi connectivity index (χ0n) is 15.9. The van der Waals surface area contributed by atoms with E-state index in [9.17, 15) is 4.79 Å². The first-order chi connectivity index (χ1) is 13.0. The zero-order valence-corrected chi connectivity index (χ0v) is 16.7. The number of rotatable bonds is 7. The Balaban J connectivity index is 1.49. The van der Waals surface area contributed by atoms with Gasteiger partial charge in [-0.3, -0.25) is 4.79 Å². The molecule has 1 N–H and O–H groups in total. The molecule has 2 aromatic carbocycles. The molecule has 1 heterocycles. The van der Waals surface area contributed by atoms with Crippen molar-refractivity contribution in [1.29, 1.82) is 0 Å². The molecule has 0 aliphatic heterocycles. The molecule has 0 aliphatic rings. The van der Waals surface area contributed by atoms with Crippen molar-refractivity contribution in [2.24, 2.45) is 0 Å². The number of nitrogens with zero attached hydrogens (tertiary/aromatic N) is 1. The summed E-state index contributed by atoms with van der Waals surface area (Å²) in [7, 11) is 0. The molecule has 0 radical (unpaired) electrons. The van der Waals surface area contributed by atoms with Crippen LogP contribution in [-0.4, -0.2) is 17.5 Å². The van der Waals surface area contributed by atoms with Crippen LogP contribution in [0.1, 0.15) is 28.8 Å². The summed E-state index contributed by atoms with van der Waals surface area (Å²) < 4.78 is 5.69. The molecule has 3 aromatic rings. The Bertz CT molecular complexity index is 916. The van der Waals surface area contributed by atoms with Crippen LogP contribution in [0.4, 0.5) is 5.13 Å². The second-order valence-corrected chi connectivity index (χ2v) is 7.81. The van der Waals surface area contributed by atoms with Crippen molar-refractivity contribution in [2.75, 3.05) is 11.9 Å². The first-order valence-electron chi connectivity index (χ1n) is 9.05. The summed E-state index contributed by atoms with van der Waals surface area (Å²) in [5, 5.41) is 3.55. The maximum Gasteiger partial charge on any atom is 0.226 e. The summed E-state index contributed by atoms with van der Waals surface area (Å²) in [5.41, 5.74) is 4.38. The SMILES string of the molecule is Cc1ccc(-c2nc(NC(=O)CCCOc3cccc(C)c3)sc2C)cc1. The molecule has 0 fully saturated rings. The van der Waals surface area contributed by atoms with Crippen LogP contribution < -0.4 is 10.1 Å². The van der Waals surface area contributed by atoms with Crippen LogP contribution in [-0.2, 0) is 4.79 Å². The average molecular weight is 381 g/mol. The second kappa shape index (κ2) is 8.82. The molecule has 140 valence electrons. The Hall–Kier alpha value is -2.66. The molecule has 0 bridgehead atoms. The minimum atomic E-state index is -0.0351. The number of carbonyl (C=O) groups is 1. The van der Waals surface area contributed by atoms with Gasteiger partial charge in [0.2, 0.25) is 5.91 Å². The van der Waals surface area contributed by atoms with Gasteiger partial charge >= 0.3 is 0 Å². The van der Waals surface area contributed by atoms with Crippen molar-refractivity contribution in [1.82, 2.24) is 4.98 Å². The number of anilines is 1. The van der Waals surface area contributed by atoms with Crippen molar-refractivity contribution in [2.45, 2.75) is 33.6 Å². The van der Waals surface area contributed by atoms with Crippen LogP contribution in [0.15, 0.2) is 48.5 Å². The van der Waals surface area contributed by atoms with Gasteiger partial charge in [0, 0.05) is 16.9 Å². The first-order valence-corrected chi connectivity index (χ1v) is 9.87. The van der Waals surface area contributed by atoms with Crippen LogP contribution in [0.5, 0.6) is 5.75 Å². The van der Waals surface area contributed by atoms with Crippen molar-refractivity contribution in [3.8, 4) is 17.0 Å². The normalized spacial score (nSPS) is 10.6. The van der Waals surface area contributed by atoms with E-state index in [0.717, 1.165) is 27.4 Å². The molecule has 0 aliphatic carbocycles. The van der Waals surface area contributed by atoms with E-state index in [1.807, 2.05) is 38.1 Å². The van der Waals surface area contributed by atoms with Crippen LogP contribution in [0.25, 0.3) is 11.3 Å². The van der Waals surface area contributed by atoms with Gasteiger partial charge in [-0.25, -0.2) is 4.98 Å². The van der Waals surface area contributed by atoms with Crippen molar-refractivity contribution >= 4 is 22.4 Å². The fraction of sp³-hybridized carbons (Fsp3) is 0.273. The summed E-state index contributed by atoms with van der Waals surface area (Å²) in [5.74, 6) is 0.806. The molecule has 0 saturated heterocycles. The van der Waals surface area contributed by atoms with E-state index in [1.54, 1.807) is 0 Å². The Labute approximate surface area is 164 Å². The highest BCUT2D eigenvalue weighted by Crippen LogP contribution is 2.30. The molecule has 3 rings (SSSR count). The summed E-state index contributed by atoms with van der Waals surface area (Å²) in [4.78, 5) is 17.9. The summed E-state index contributed by atoms with van der Waals surface area (Å²) >= 11 is 1.51. The highest BCUT2D eigenvalue weighted by atomic mass is 32.1. The number of nitrogens with one attached hydrogen (secondary N) is 1. The predicted octanol–water partition coefficient (Wildman–Crippen LogP) is 5.53. The smallest absolute Gasteiger partial charge is 0.226 e. The lowest BCUT2D eigenvalue weighted by Crippen LogP contribution is -2.12. The third-order valence-corrected chi connectivity index (χ3v) is 5.06. The minimum Gasteiger partial charge on any atom is -0.494 e. The number of hydrogen-bond donors (Lipinski definition) is 1. The minimum absolute atomic E-state index is 0.0351. The van der Waals surface area contributed by atoms with E-state index >= 15 is 0 Å². The van der Waals surface area contributed by atoms with E-state index in [0.29, 0.717) is 24.6 Å². The molecule has 0 atom stereocenters. The van der Waals surface area contributed by atoms with E-state index in [2.05, 4.69) is 41.5 Å². The topological polar surface area (TPSA) is 51.2 Å². The number of ether oxygens (including phenoxy) is 1. The lowest BCUT2D eigenvalue weighted by molar-refractivity contribution is -0.116. The summed E-state index contributed by atoms with van der Waals surface area (Å²) in [6, 6.07) is 16.2. The van der Waals surface area contributed by atoms with Gasteiger partial charge in [0.25, 0.3) is 0 Å². The predicted molar refractivity (Wildman–Crippen MR) is 112 cm³/mol. The molecular weight excluding hydrogens is 356 g/mol. The highest BCUT2D eigenvalue weighted by Gasteiger charge is 2.12. The maximum absolute atomic E-state index is 12.2. The average Bonchev–Trinajstić information content (AvgIpc) is 2.99. The van der Waals surface area contributed by atoms with Gasteiger partial charge in [0.05, 0.1) is 12.3 Å². The number of aromatic nitrogens is 1. The number of aryl methyl sites for hydroxylation is 3. The molecule has 0 saturated carbocycles. The number of carbonyl (C=O) groups excluding carboxylic acids is 1. The Kier molecular flexibility index (Phi) is 6.24. The Morgan fingerprint density at radius 3 is 2.59 bits per heavy atom. The molecule has 27 heavy (non-hydrogen) atoms. The van der Waals surface area contributed by atoms with E-state index in [4.69, 9.17) is 4.74 Å². The Morgan fingerprint density at radius 1 is 1.07 bits per heavy atom. The van der Waals surface area contributed by atoms with Gasteiger partial charge in [-0.2, -0.15) is 0 Å². The van der Waals surface area contributed by atoms with Gasteiger partial charge < -0.3 is 10.1 Å². The molecule has 1 amide bonds. The largest absolute Gasteiger partial charge is 0.494 e. The molecule has 0 spiro atoms. The zero-order chi connectivity index (χ0) is 19.2. The van der Waals surface area contributed by atoms with Gasteiger partial charge in [-0.05, 0) is 44.9 Å².